The van der Waals surface area contributed by atoms with Crippen LogP contribution in [-0.4, -0.2) is 19.3 Å². The Balaban J connectivity index is 2.40. The molecule has 3 nitrogen and oxygen atoms in total. The molecule has 0 fully saturated rings. The van der Waals surface area contributed by atoms with Crippen molar-refractivity contribution >= 4 is 0 Å². The van der Waals surface area contributed by atoms with Gasteiger partial charge in [-0.1, -0.05) is 24.3 Å². The van der Waals surface area contributed by atoms with Gasteiger partial charge in [-0.15, -0.1) is 0 Å². The SMILES string of the molecule is CCOCC(CCc1ccccc1C)NN. The summed E-state index contributed by atoms with van der Waals surface area (Å²) in [6.07, 6.45) is 2.04. The fraction of sp³-hybridized carbons (Fsp3) is 0.538. The summed E-state index contributed by atoms with van der Waals surface area (Å²) in [7, 11) is 0. The molecule has 0 saturated carbocycles. The number of hydrogen-bond donors (Lipinski definition) is 2. The lowest BCUT2D eigenvalue weighted by molar-refractivity contribution is 0.120. The predicted molar refractivity (Wildman–Crippen MR) is 67.1 cm³/mol. The molecule has 0 radical (unpaired) electrons. The summed E-state index contributed by atoms with van der Waals surface area (Å²) >= 11 is 0. The molecule has 3 heteroatoms. The van der Waals surface area contributed by atoms with Crippen molar-refractivity contribution in [1.29, 1.82) is 0 Å². The molecule has 0 amide bonds. The normalized spacial score (nSPS) is 12.7. The van der Waals surface area contributed by atoms with E-state index in [1.807, 2.05) is 6.92 Å². The second-order valence-electron chi connectivity index (χ2n) is 3.99. The second-order valence-corrected chi connectivity index (χ2v) is 3.99. The smallest absolute Gasteiger partial charge is 0.0633 e. The van der Waals surface area contributed by atoms with Crippen molar-refractivity contribution in [2.75, 3.05) is 13.2 Å². The molecule has 0 spiro atoms. The van der Waals surface area contributed by atoms with Crippen molar-refractivity contribution in [3.05, 3.63) is 35.4 Å². The molecule has 0 heterocycles. The number of aryl methyl sites for hydroxylation is 2. The number of benzene rings is 1. The highest BCUT2D eigenvalue weighted by molar-refractivity contribution is 5.25. The third-order valence-electron chi connectivity index (χ3n) is 2.78. The number of nitrogens with one attached hydrogen (secondary N) is 1. The van der Waals surface area contributed by atoms with Crippen LogP contribution in [0.3, 0.4) is 0 Å². The van der Waals surface area contributed by atoms with Gasteiger partial charge in [-0.25, -0.2) is 0 Å². The monoisotopic (exact) mass is 222 g/mol. The Bertz CT molecular complexity index is 302. The van der Waals surface area contributed by atoms with Crippen LogP contribution in [0, 0.1) is 6.92 Å². The number of hydrogen-bond acceptors (Lipinski definition) is 3. The van der Waals surface area contributed by atoms with Crippen molar-refractivity contribution < 1.29 is 4.74 Å². The first-order valence-corrected chi connectivity index (χ1v) is 5.86. The molecule has 1 aromatic rings. The standard InChI is InChI=1S/C13H22N2O/c1-3-16-10-13(15-14)9-8-12-7-5-4-6-11(12)2/h4-7,13,15H,3,8-10,14H2,1-2H3. The first-order chi connectivity index (χ1) is 7.77. The molecule has 0 saturated heterocycles. The first-order valence-electron chi connectivity index (χ1n) is 5.86. The maximum absolute atomic E-state index is 5.49. The molecular weight excluding hydrogens is 200 g/mol. The van der Waals surface area contributed by atoms with Gasteiger partial charge < -0.3 is 4.74 Å². The lowest BCUT2D eigenvalue weighted by Crippen LogP contribution is -2.39. The van der Waals surface area contributed by atoms with Crippen LogP contribution in [0.4, 0.5) is 0 Å². The second kappa shape index (κ2) is 7.39. The van der Waals surface area contributed by atoms with Crippen molar-refractivity contribution in [1.82, 2.24) is 5.43 Å². The Morgan fingerprint density at radius 1 is 1.38 bits per heavy atom. The van der Waals surface area contributed by atoms with Gasteiger partial charge in [0.05, 0.1) is 6.61 Å². The largest absolute Gasteiger partial charge is 0.380 e. The minimum absolute atomic E-state index is 0.236. The van der Waals surface area contributed by atoms with Crippen molar-refractivity contribution in [2.24, 2.45) is 5.84 Å². The van der Waals surface area contributed by atoms with E-state index in [0.717, 1.165) is 19.4 Å². The predicted octanol–water partition coefficient (Wildman–Crippen LogP) is 1.80. The third kappa shape index (κ3) is 4.31. The van der Waals surface area contributed by atoms with E-state index in [9.17, 15) is 0 Å². The molecule has 90 valence electrons. The summed E-state index contributed by atoms with van der Waals surface area (Å²) < 4.78 is 5.36. The van der Waals surface area contributed by atoms with E-state index in [-0.39, 0.29) is 6.04 Å². The van der Waals surface area contributed by atoms with Crippen LogP contribution in [-0.2, 0) is 11.2 Å². The quantitative estimate of drug-likeness (QED) is 0.546. The zero-order chi connectivity index (χ0) is 11.8. The van der Waals surface area contributed by atoms with E-state index in [1.54, 1.807) is 0 Å². The fourth-order valence-corrected chi connectivity index (χ4v) is 1.70. The van der Waals surface area contributed by atoms with E-state index in [1.165, 1.54) is 11.1 Å². The minimum Gasteiger partial charge on any atom is -0.380 e. The Morgan fingerprint density at radius 2 is 2.12 bits per heavy atom. The van der Waals surface area contributed by atoms with E-state index in [4.69, 9.17) is 10.6 Å². The number of hydrazine groups is 1. The maximum Gasteiger partial charge on any atom is 0.0633 e. The van der Waals surface area contributed by atoms with Gasteiger partial charge in [0.1, 0.15) is 0 Å². The fourth-order valence-electron chi connectivity index (χ4n) is 1.70. The molecule has 1 rings (SSSR count). The van der Waals surface area contributed by atoms with Crippen LogP contribution in [0.1, 0.15) is 24.5 Å². The first kappa shape index (κ1) is 13.2. The summed E-state index contributed by atoms with van der Waals surface area (Å²) in [5, 5.41) is 0. The Hall–Kier alpha value is -0.900. The topological polar surface area (TPSA) is 47.3 Å². The van der Waals surface area contributed by atoms with Gasteiger partial charge in [0, 0.05) is 12.6 Å². The van der Waals surface area contributed by atoms with Crippen molar-refractivity contribution in [3.8, 4) is 0 Å². The summed E-state index contributed by atoms with van der Waals surface area (Å²) in [6, 6.07) is 8.69. The van der Waals surface area contributed by atoms with Crippen LogP contribution in [0.25, 0.3) is 0 Å². The number of rotatable bonds is 7. The van der Waals surface area contributed by atoms with Gasteiger partial charge in [-0.3, -0.25) is 11.3 Å². The van der Waals surface area contributed by atoms with Crippen LogP contribution in [0.2, 0.25) is 0 Å². The molecule has 0 aliphatic rings. The molecule has 0 bridgehead atoms. The minimum atomic E-state index is 0.236. The highest BCUT2D eigenvalue weighted by Gasteiger charge is 2.07. The van der Waals surface area contributed by atoms with Crippen LogP contribution in [0.15, 0.2) is 24.3 Å². The van der Waals surface area contributed by atoms with Gasteiger partial charge in [-0.05, 0) is 37.8 Å². The summed E-state index contributed by atoms with van der Waals surface area (Å²) in [5.74, 6) is 5.49. The Morgan fingerprint density at radius 3 is 2.75 bits per heavy atom. The average Bonchev–Trinajstić information content (AvgIpc) is 2.31. The zero-order valence-electron chi connectivity index (χ0n) is 10.2. The molecule has 1 aromatic carbocycles. The summed E-state index contributed by atoms with van der Waals surface area (Å²) in [6.45, 7) is 5.55. The molecular formula is C13H22N2O. The van der Waals surface area contributed by atoms with Gasteiger partial charge in [0.2, 0.25) is 0 Å². The molecule has 1 atom stereocenters. The highest BCUT2D eigenvalue weighted by Crippen LogP contribution is 2.10. The lowest BCUT2D eigenvalue weighted by Gasteiger charge is -2.16. The van der Waals surface area contributed by atoms with E-state index in [0.29, 0.717) is 6.61 Å². The number of ether oxygens (including phenoxy) is 1. The van der Waals surface area contributed by atoms with Gasteiger partial charge >= 0.3 is 0 Å². The lowest BCUT2D eigenvalue weighted by atomic mass is 10.0. The van der Waals surface area contributed by atoms with Crippen LogP contribution >= 0.6 is 0 Å². The van der Waals surface area contributed by atoms with E-state index in [2.05, 4.69) is 36.6 Å². The molecule has 1 unspecified atom stereocenters. The van der Waals surface area contributed by atoms with Gasteiger partial charge in [0.25, 0.3) is 0 Å². The maximum atomic E-state index is 5.49. The van der Waals surface area contributed by atoms with E-state index >= 15 is 0 Å². The summed E-state index contributed by atoms with van der Waals surface area (Å²) in [4.78, 5) is 0. The molecule has 0 aliphatic carbocycles. The molecule has 0 aromatic heterocycles. The van der Waals surface area contributed by atoms with E-state index < -0.39 is 0 Å². The van der Waals surface area contributed by atoms with Gasteiger partial charge in [-0.2, -0.15) is 0 Å². The molecule has 0 aliphatic heterocycles. The Kier molecular flexibility index (Phi) is 6.08. The van der Waals surface area contributed by atoms with Gasteiger partial charge in [0.15, 0.2) is 0 Å². The zero-order valence-corrected chi connectivity index (χ0v) is 10.2. The number of nitrogens with two attached hydrogens (primary N) is 1. The van der Waals surface area contributed by atoms with Crippen LogP contribution in [0.5, 0.6) is 0 Å². The Labute approximate surface area is 98.0 Å². The highest BCUT2D eigenvalue weighted by atomic mass is 16.5. The third-order valence-corrected chi connectivity index (χ3v) is 2.78. The van der Waals surface area contributed by atoms with Crippen LogP contribution < -0.4 is 11.3 Å². The summed E-state index contributed by atoms with van der Waals surface area (Å²) in [5.41, 5.74) is 5.53. The molecule has 16 heavy (non-hydrogen) atoms. The van der Waals surface area contributed by atoms with Crippen molar-refractivity contribution in [3.63, 3.8) is 0 Å². The van der Waals surface area contributed by atoms with Crippen molar-refractivity contribution in [2.45, 2.75) is 32.7 Å². The average molecular weight is 222 g/mol. The molecule has 3 N–H and O–H groups in total.